The largest absolute Gasteiger partial charge is 0.477 e. The van der Waals surface area contributed by atoms with Gasteiger partial charge < -0.3 is 10.4 Å². The van der Waals surface area contributed by atoms with E-state index in [1.165, 1.54) is 13.2 Å². The molecule has 8 nitrogen and oxygen atoms in total. The Kier molecular flexibility index (Phi) is 3.32. The molecule has 0 atom stereocenters. The third-order valence-electron chi connectivity index (χ3n) is 2.60. The molecule has 0 radical (unpaired) electrons. The molecule has 0 aliphatic heterocycles. The molecular weight excluding hydrogens is 250 g/mol. The van der Waals surface area contributed by atoms with Crippen molar-refractivity contribution in [2.24, 2.45) is 14.1 Å². The molecule has 2 rings (SSSR count). The lowest BCUT2D eigenvalue weighted by Gasteiger charge is -2.03. The first kappa shape index (κ1) is 12.8. The molecule has 0 unspecified atom stereocenters. The van der Waals surface area contributed by atoms with Crippen molar-refractivity contribution >= 4 is 11.9 Å². The molecule has 0 fully saturated rings. The van der Waals surface area contributed by atoms with Crippen LogP contribution in [0.25, 0.3) is 0 Å². The standard InChI is InChI=1S/C11H13N5O3/c1-15-6-7(4-13-15)3-12-10(17)8-5-14-16(2)9(8)11(18)19/h4-6H,3H2,1-2H3,(H,12,17)(H,18,19). The average Bonchev–Trinajstić information content (AvgIpc) is 2.92. The SMILES string of the molecule is Cn1cc(CNC(=O)c2cnn(C)c2C(=O)O)cn1. The maximum absolute atomic E-state index is 11.9. The number of carboxylic acids is 1. The van der Waals surface area contributed by atoms with E-state index in [-0.39, 0.29) is 17.8 Å². The lowest BCUT2D eigenvalue weighted by Crippen LogP contribution is -2.24. The Morgan fingerprint density at radius 1 is 1.32 bits per heavy atom. The second-order valence-electron chi connectivity index (χ2n) is 4.04. The van der Waals surface area contributed by atoms with Gasteiger partial charge in [-0.15, -0.1) is 0 Å². The minimum absolute atomic E-state index is 0.0406. The highest BCUT2D eigenvalue weighted by Gasteiger charge is 2.21. The van der Waals surface area contributed by atoms with Gasteiger partial charge in [0.25, 0.3) is 5.91 Å². The van der Waals surface area contributed by atoms with E-state index in [1.807, 2.05) is 0 Å². The summed E-state index contributed by atoms with van der Waals surface area (Å²) < 4.78 is 2.77. The number of nitrogens with one attached hydrogen (secondary N) is 1. The molecule has 2 aromatic rings. The van der Waals surface area contributed by atoms with Crippen LogP contribution in [0.3, 0.4) is 0 Å². The fourth-order valence-electron chi connectivity index (χ4n) is 1.70. The van der Waals surface area contributed by atoms with Crippen LogP contribution in [-0.4, -0.2) is 36.5 Å². The molecule has 0 aromatic carbocycles. The lowest BCUT2D eigenvalue weighted by molar-refractivity contribution is 0.0679. The van der Waals surface area contributed by atoms with Crippen LogP contribution in [0.15, 0.2) is 18.6 Å². The maximum Gasteiger partial charge on any atom is 0.354 e. The summed E-state index contributed by atoms with van der Waals surface area (Å²) in [5, 5.41) is 19.4. The van der Waals surface area contributed by atoms with E-state index in [4.69, 9.17) is 5.11 Å². The molecule has 19 heavy (non-hydrogen) atoms. The van der Waals surface area contributed by atoms with Gasteiger partial charge >= 0.3 is 5.97 Å². The highest BCUT2D eigenvalue weighted by atomic mass is 16.4. The molecule has 0 saturated carbocycles. The number of hydrogen-bond acceptors (Lipinski definition) is 4. The molecule has 0 spiro atoms. The lowest BCUT2D eigenvalue weighted by atomic mass is 10.2. The zero-order valence-electron chi connectivity index (χ0n) is 10.5. The van der Waals surface area contributed by atoms with Gasteiger partial charge in [-0.1, -0.05) is 0 Å². The number of amides is 1. The van der Waals surface area contributed by atoms with Gasteiger partial charge in [-0.2, -0.15) is 10.2 Å². The van der Waals surface area contributed by atoms with Crippen molar-refractivity contribution in [1.82, 2.24) is 24.9 Å². The number of aromatic nitrogens is 4. The van der Waals surface area contributed by atoms with Crippen molar-refractivity contribution in [2.45, 2.75) is 6.54 Å². The van der Waals surface area contributed by atoms with Crippen molar-refractivity contribution in [2.75, 3.05) is 0 Å². The summed E-state index contributed by atoms with van der Waals surface area (Å²) in [6.07, 6.45) is 4.63. The van der Waals surface area contributed by atoms with Crippen LogP contribution in [0.2, 0.25) is 0 Å². The van der Waals surface area contributed by atoms with E-state index in [9.17, 15) is 9.59 Å². The van der Waals surface area contributed by atoms with E-state index in [1.54, 1.807) is 24.1 Å². The summed E-state index contributed by atoms with van der Waals surface area (Å²) in [5.74, 6) is -1.67. The predicted molar refractivity (Wildman–Crippen MR) is 64.5 cm³/mol. The number of aryl methyl sites for hydroxylation is 2. The summed E-state index contributed by atoms with van der Waals surface area (Å²) in [5.41, 5.74) is 0.735. The molecule has 2 N–H and O–H groups in total. The van der Waals surface area contributed by atoms with Gasteiger partial charge in [0.15, 0.2) is 5.69 Å². The van der Waals surface area contributed by atoms with E-state index in [2.05, 4.69) is 15.5 Å². The van der Waals surface area contributed by atoms with Gasteiger partial charge in [-0.05, 0) is 0 Å². The quantitative estimate of drug-likeness (QED) is 0.794. The Morgan fingerprint density at radius 2 is 2.05 bits per heavy atom. The number of aromatic carboxylic acids is 1. The van der Waals surface area contributed by atoms with Crippen molar-refractivity contribution in [3.8, 4) is 0 Å². The van der Waals surface area contributed by atoms with Crippen molar-refractivity contribution in [3.05, 3.63) is 35.4 Å². The van der Waals surface area contributed by atoms with Gasteiger partial charge in [0.1, 0.15) is 0 Å². The molecule has 2 aromatic heterocycles. The Labute approximate surface area is 108 Å². The number of nitrogens with zero attached hydrogens (tertiary/aromatic N) is 4. The number of carbonyl (C=O) groups is 2. The zero-order chi connectivity index (χ0) is 14.0. The Bertz CT molecular complexity index is 628. The number of hydrogen-bond donors (Lipinski definition) is 2. The van der Waals surface area contributed by atoms with E-state index < -0.39 is 11.9 Å². The predicted octanol–water partition coefficient (Wildman–Crippen LogP) is -0.218. The van der Waals surface area contributed by atoms with Crippen LogP contribution in [0.5, 0.6) is 0 Å². The molecule has 1 amide bonds. The van der Waals surface area contributed by atoms with E-state index in [0.29, 0.717) is 0 Å². The molecule has 100 valence electrons. The normalized spacial score (nSPS) is 10.4. The summed E-state index contributed by atoms with van der Waals surface area (Å²) in [7, 11) is 3.25. The molecule has 0 bridgehead atoms. The second-order valence-corrected chi connectivity index (χ2v) is 4.04. The zero-order valence-corrected chi connectivity index (χ0v) is 10.5. The number of rotatable bonds is 4. The highest BCUT2D eigenvalue weighted by Crippen LogP contribution is 2.07. The summed E-state index contributed by atoms with van der Waals surface area (Å²) in [6, 6.07) is 0. The first-order chi connectivity index (χ1) is 8.99. The van der Waals surface area contributed by atoms with Gasteiger partial charge in [-0.25, -0.2) is 4.79 Å². The number of carboxylic acid groups (broad SMARTS) is 1. The Morgan fingerprint density at radius 3 is 2.63 bits per heavy atom. The van der Waals surface area contributed by atoms with Crippen LogP contribution < -0.4 is 5.32 Å². The molecule has 0 saturated heterocycles. The maximum atomic E-state index is 11.9. The fourth-order valence-corrected chi connectivity index (χ4v) is 1.70. The molecule has 8 heteroatoms. The van der Waals surface area contributed by atoms with Gasteiger partial charge in [0.2, 0.25) is 0 Å². The third-order valence-corrected chi connectivity index (χ3v) is 2.60. The van der Waals surface area contributed by atoms with Gasteiger partial charge in [-0.3, -0.25) is 14.2 Å². The minimum atomic E-state index is -1.19. The fraction of sp³-hybridized carbons (Fsp3) is 0.273. The van der Waals surface area contributed by atoms with Crippen LogP contribution in [0, 0.1) is 0 Å². The van der Waals surface area contributed by atoms with Gasteiger partial charge in [0, 0.05) is 32.4 Å². The van der Waals surface area contributed by atoms with Crippen LogP contribution >= 0.6 is 0 Å². The third kappa shape index (κ3) is 2.62. The van der Waals surface area contributed by atoms with Crippen molar-refractivity contribution in [1.29, 1.82) is 0 Å². The topological polar surface area (TPSA) is 102 Å². The monoisotopic (exact) mass is 263 g/mol. The summed E-state index contributed by atoms with van der Waals surface area (Å²) in [4.78, 5) is 22.9. The Balaban J connectivity index is 2.10. The smallest absolute Gasteiger partial charge is 0.354 e. The van der Waals surface area contributed by atoms with Gasteiger partial charge in [0.05, 0.1) is 18.0 Å². The summed E-state index contributed by atoms with van der Waals surface area (Å²) in [6.45, 7) is 0.278. The highest BCUT2D eigenvalue weighted by molar-refractivity contribution is 6.03. The summed E-state index contributed by atoms with van der Waals surface area (Å²) >= 11 is 0. The Hall–Kier alpha value is -2.64. The van der Waals surface area contributed by atoms with E-state index in [0.717, 1.165) is 10.2 Å². The van der Waals surface area contributed by atoms with Crippen molar-refractivity contribution < 1.29 is 14.7 Å². The molecule has 0 aliphatic rings. The molecule has 2 heterocycles. The second kappa shape index (κ2) is 4.92. The van der Waals surface area contributed by atoms with Crippen LogP contribution in [-0.2, 0) is 20.6 Å². The van der Waals surface area contributed by atoms with Crippen molar-refractivity contribution in [3.63, 3.8) is 0 Å². The average molecular weight is 263 g/mol. The number of carbonyl (C=O) groups excluding carboxylic acids is 1. The van der Waals surface area contributed by atoms with Crippen LogP contribution in [0.4, 0.5) is 0 Å². The first-order valence-corrected chi connectivity index (χ1v) is 5.50. The first-order valence-electron chi connectivity index (χ1n) is 5.50. The van der Waals surface area contributed by atoms with Crippen LogP contribution in [0.1, 0.15) is 26.4 Å². The molecule has 0 aliphatic carbocycles. The van der Waals surface area contributed by atoms with E-state index >= 15 is 0 Å². The molecular formula is C11H13N5O3. The minimum Gasteiger partial charge on any atom is -0.477 e.